The molecule has 0 unspecified atom stereocenters. The summed E-state index contributed by atoms with van der Waals surface area (Å²) in [6.45, 7) is 4.31. The van der Waals surface area contributed by atoms with Crippen LogP contribution in [0.15, 0.2) is 46.9 Å². The van der Waals surface area contributed by atoms with Crippen molar-refractivity contribution >= 4 is 55.2 Å². The Bertz CT molecular complexity index is 1130. The molecule has 1 radical (unpaired) electrons. The van der Waals surface area contributed by atoms with Crippen LogP contribution in [-0.2, 0) is 0 Å². The van der Waals surface area contributed by atoms with Crippen LogP contribution in [-0.4, -0.2) is 22.4 Å². The molecule has 0 spiro atoms. The van der Waals surface area contributed by atoms with Crippen LogP contribution in [0.5, 0.6) is 0 Å². The van der Waals surface area contributed by atoms with Gasteiger partial charge in [-0.1, -0.05) is 40.5 Å². The standard InChI is InChI=1S/C20H16BrClN3O/c1-2-7-23-20(26)18-14-5-3-12(21)10-16(14)25-19(18)17-9-11-8-13(22)4-6-15(11)24-17/h3-6,8-10,24-25H,1-2,7H2,(H,23,26). The number of carbonyl (C=O) groups excluding carboxylic acids is 1. The summed E-state index contributed by atoms with van der Waals surface area (Å²) in [6.07, 6.45) is 0.639. The van der Waals surface area contributed by atoms with Crippen molar-refractivity contribution in [2.45, 2.75) is 6.42 Å². The topological polar surface area (TPSA) is 60.7 Å². The van der Waals surface area contributed by atoms with Gasteiger partial charge in [0.05, 0.1) is 17.0 Å². The molecule has 6 heteroatoms. The largest absolute Gasteiger partial charge is 0.353 e. The number of benzene rings is 2. The molecule has 0 saturated carbocycles. The molecular formula is C20H16BrClN3O. The predicted octanol–water partition coefficient (Wildman–Crippen LogP) is 5.69. The van der Waals surface area contributed by atoms with Crippen molar-refractivity contribution in [3.63, 3.8) is 0 Å². The highest BCUT2D eigenvalue weighted by atomic mass is 79.9. The van der Waals surface area contributed by atoms with E-state index in [0.29, 0.717) is 23.6 Å². The summed E-state index contributed by atoms with van der Waals surface area (Å²) >= 11 is 9.58. The van der Waals surface area contributed by atoms with E-state index in [-0.39, 0.29) is 5.91 Å². The Kier molecular flexibility index (Phi) is 4.51. The van der Waals surface area contributed by atoms with Crippen LogP contribution in [0.2, 0.25) is 5.02 Å². The quantitative estimate of drug-likeness (QED) is 0.384. The average molecular weight is 430 g/mol. The van der Waals surface area contributed by atoms with Gasteiger partial charge in [0, 0.05) is 37.8 Å². The van der Waals surface area contributed by atoms with Crippen LogP contribution in [0.25, 0.3) is 33.2 Å². The minimum Gasteiger partial charge on any atom is -0.353 e. The molecule has 2 aromatic carbocycles. The monoisotopic (exact) mass is 428 g/mol. The Hall–Kier alpha value is -2.24. The van der Waals surface area contributed by atoms with E-state index in [1.807, 2.05) is 42.5 Å². The lowest BCUT2D eigenvalue weighted by molar-refractivity contribution is 0.0956. The maximum atomic E-state index is 12.8. The van der Waals surface area contributed by atoms with Crippen molar-refractivity contribution < 1.29 is 4.79 Å². The number of hydrogen-bond acceptors (Lipinski definition) is 1. The Balaban J connectivity index is 1.93. The summed E-state index contributed by atoms with van der Waals surface area (Å²) in [6, 6.07) is 13.5. The molecule has 1 amide bonds. The van der Waals surface area contributed by atoms with Crippen molar-refractivity contribution in [1.29, 1.82) is 0 Å². The van der Waals surface area contributed by atoms with Crippen molar-refractivity contribution in [1.82, 2.24) is 15.3 Å². The molecule has 0 aliphatic carbocycles. The van der Waals surface area contributed by atoms with E-state index in [1.54, 1.807) is 0 Å². The first-order valence-corrected chi connectivity index (χ1v) is 9.41. The number of halogens is 2. The minimum atomic E-state index is -0.117. The fourth-order valence-electron chi connectivity index (χ4n) is 3.14. The molecule has 0 saturated heterocycles. The fourth-order valence-corrected chi connectivity index (χ4v) is 3.68. The maximum absolute atomic E-state index is 12.8. The highest BCUT2D eigenvalue weighted by molar-refractivity contribution is 9.10. The number of hydrogen-bond donors (Lipinski definition) is 3. The Labute approximate surface area is 164 Å². The average Bonchev–Trinajstić information content (AvgIpc) is 3.19. The van der Waals surface area contributed by atoms with Gasteiger partial charge in [-0.2, -0.15) is 0 Å². The summed E-state index contributed by atoms with van der Waals surface area (Å²) in [5.41, 5.74) is 4.08. The van der Waals surface area contributed by atoms with E-state index < -0.39 is 0 Å². The summed E-state index contributed by atoms with van der Waals surface area (Å²) in [5, 5.41) is 5.48. The van der Waals surface area contributed by atoms with Crippen LogP contribution in [0.1, 0.15) is 16.8 Å². The number of nitrogens with one attached hydrogen (secondary N) is 3. The molecule has 0 aliphatic heterocycles. The van der Waals surface area contributed by atoms with E-state index in [9.17, 15) is 4.79 Å². The number of aromatic nitrogens is 2. The molecule has 4 rings (SSSR count). The number of rotatable bonds is 4. The van der Waals surface area contributed by atoms with E-state index in [4.69, 9.17) is 11.6 Å². The van der Waals surface area contributed by atoms with Gasteiger partial charge in [0.2, 0.25) is 0 Å². The third-order valence-corrected chi connectivity index (χ3v) is 5.03. The van der Waals surface area contributed by atoms with Crippen molar-refractivity contribution in [2.75, 3.05) is 6.54 Å². The molecule has 4 aromatic rings. The summed E-state index contributed by atoms with van der Waals surface area (Å²) in [7, 11) is 0. The van der Waals surface area contributed by atoms with Gasteiger partial charge in [-0.05, 0) is 42.8 Å². The van der Waals surface area contributed by atoms with Crippen molar-refractivity contribution in [3.05, 3.63) is 64.4 Å². The van der Waals surface area contributed by atoms with Crippen LogP contribution in [0.3, 0.4) is 0 Å². The summed E-state index contributed by atoms with van der Waals surface area (Å²) in [4.78, 5) is 19.6. The minimum absolute atomic E-state index is 0.117. The Morgan fingerprint density at radius 1 is 1.12 bits per heavy atom. The SMILES string of the molecule is [CH2]CCNC(=O)c1c(-c2cc3cc(Cl)ccc3[nH]2)[nH]c2cc(Br)ccc12. The zero-order chi connectivity index (χ0) is 18.3. The zero-order valence-electron chi connectivity index (χ0n) is 13.8. The molecule has 0 atom stereocenters. The molecule has 26 heavy (non-hydrogen) atoms. The maximum Gasteiger partial charge on any atom is 0.254 e. The molecule has 3 N–H and O–H groups in total. The second kappa shape index (κ2) is 6.82. The molecule has 0 aliphatic rings. The summed E-state index contributed by atoms with van der Waals surface area (Å²) < 4.78 is 0.950. The van der Waals surface area contributed by atoms with Crippen LogP contribution < -0.4 is 5.32 Å². The lowest BCUT2D eigenvalue weighted by Gasteiger charge is -2.05. The second-order valence-electron chi connectivity index (χ2n) is 6.09. The predicted molar refractivity (Wildman–Crippen MR) is 111 cm³/mol. The van der Waals surface area contributed by atoms with Gasteiger partial charge >= 0.3 is 0 Å². The Morgan fingerprint density at radius 3 is 2.77 bits per heavy atom. The Morgan fingerprint density at radius 2 is 1.96 bits per heavy atom. The molecular weight excluding hydrogens is 414 g/mol. The van der Waals surface area contributed by atoms with Gasteiger partial charge in [-0.25, -0.2) is 0 Å². The smallest absolute Gasteiger partial charge is 0.254 e. The first-order valence-electron chi connectivity index (χ1n) is 8.24. The lowest BCUT2D eigenvalue weighted by atomic mass is 10.1. The van der Waals surface area contributed by atoms with Gasteiger partial charge in [-0.15, -0.1) is 0 Å². The zero-order valence-corrected chi connectivity index (χ0v) is 16.2. The number of carbonyl (C=O) groups is 1. The van der Waals surface area contributed by atoms with Gasteiger partial charge in [0.1, 0.15) is 0 Å². The summed E-state index contributed by atoms with van der Waals surface area (Å²) in [5.74, 6) is -0.117. The highest BCUT2D eigenvalue weighted by Gasteiger charge is 2.20. The first-order chi connectivity index (χ1) is 12.6. The molecule has 4 nitrogen and oxygen atoms in total. The van der Waals surface area contributed by atoms with Crippen LogP contribution in [0, 0.1) is 6.92 Å². The first kappa shape index (κ1) is 17.2. The van der Waals surface area contributed by atoms with Gasteiger partial charge in [-0.3, -0.25) is 4.79 Å². The molecule has 2 heterocycles. The number of aromatic amines is 2. The van der Waals surface area contributed by atoms with E-state index in [0.717, 1.165) is 37.7 Å². The second-order valence-corrected chi connectivity index (χ2v) is 7.44. The van der Waals surface area contributed by atoms with Gasteiger partial charge < -0.3 is 15.3 Å². The fraction of sp³-hybridized carbons (Fsp3) is 0.100. The van der Waals surface area contributed by atoms with Crippen LogP contribution in [0.4, 0.5) is 0 Å². The third kappa shape index (κ3) is 3.02. The molecule has 2 aromatic heterocycles. The number of fused-ring (bicyclic) bond motifs is 2. The number of H-pyrrole nitrogens is 2. The third-order valence-electron chi connectivity index (χ3n) is 4.30. The molecule has 0 bridgehead atoms. The van der Waals surface area contributed by atoms with Gasteiger partial charge in [0.25, 0.3) is 5.91 Å². The number of amides is 1. The van der Waals surface area contributed by atoms with Crippen molar-refractivity contribution in [2.24, 2.45) is 0 Å². The highest BCUT2D eigenvalue weighted by Crippen LogP contribution is 2.33. The van der Waals surface area contributed by atoms with E-state index in [2.05, 4.69) is 38.1 Å². The van der Waals surface area contributed by atoms with Gasteiger partial charge in [0.15, 0.2) is 0 Å². The molecule has 0 fully saturated rings. The molecule has 131 valence electrons. The van der Waals surface area contributed by atoms with Crippen molar-refractivity contribution in [3.8, 4) is 11.4 Å². The normalized spacial score (nSPS) is 11.3. The lowest BCUT2D eigenvalue weighted by Crippen LogP contribution is -2.24. The van der Waals surface area contributed by atoms with E-state index >= 15 is 0 Å². The van der Waals surface area contributed by atoms with Crippen LogP contribution >= 0.6 is 27.5 Å². The van der Waals surface area contributed by atoms with E-state index in [1.165, 1.54) is 0 Å².